The molecule has 2 aliphatic heterocycles. The molecule has 168 valence electrons. The topological polar surface area (TPSA) is 79.3 Å². The maximum atomic E-state index is 13.1. The Balaban J connectivity index is 1.46. The van der Waals surface area contributed by atoms with Crippen LogP contribution in [0.5, 0.6) is 0 Å². The van der Waals surface area contributed by atoms with E-state index in [0.717, 1.165) is 36.5 Å². The molecular weight excluding hydrogens is 402 g/mol. The van der Waals surface area contributed by atoms with E-state index in [1.54, 1.807) is 24.5 Å². The van der Waals surface area contributed by atoms with Gasteiger partial charge in [0, 0.05) is 43.2 Å². The van der Waals surface area contributed by atoms with Crippen LogP contribution in [0.25, 0.3) is 0 Å². The van der Waals surface area contributed by atoms with Crippen LogP contribution in [0.3, 0.4) is 0 Å². The van der Waals surface area contributed by atoms with Gasteiger partial charge in [0.05, 0.1) is 11.6 Å². The number of carbonyl (C=O) groups excluding carboxylic acids is 2. The van der Waals surface area contributed by atoms with Crippen molar-refractivity contribution in [3.63, 3.8) is 0 Å². The second kappa shape index (κ2) is 8.96. The van der Waals surface area contributed by atoms with Crippen molar-refractivity contribution < 1.29 is 9.59 Å². The number of fused-ring (bicyclic) bond motifs is 1. The fourth-order valence-corrected chi connectivity index (χ4v) is 5.50. The molecule has 0 unspecified atom stereocenters. The molecule has 0 radical (unpaired) electrons. The Morgan fingerprint density at radius 2 is 1.94 bits per heavy atom. The smallest absolute Gasteiger partial charge is 0.256 e. The van der Waals surface area contributed by atoms with E-state index in [-0.39, 0.29) is 17.9 Å². The highest BCUT2D eigenvalue weighted by Gasteiger charge is 2.36. The summed E-state index contributed by atoms with van der Waals surface area (Å²) >= 11 is 0. The molecule has 1 aliphatic carbocycles. The average molecular weight is 434 g/mol. The normalized spacial score (nSPS) is 21.7. The summed E-state index contributed by atoms with van der Waals surface area (Å²) in [5, 5.41) is 0. The predicted molar refractivity (Wildman–Crippen MR) is 121 cm³/mol. The quantitative estimate of drug-likeness (QED) is 0.728. The Kier molecular flexibility index (Phi) is 5.89. The minimum absolute atomic E-state index is 0.0327. The minimum Gasteiger partial charge on any atom is -0.328 e. The van der Waals surface area contributed by atoms with Crippen molar-refractivity contribution in [2.24, 2.45) is 5.92 Å². The third-order valence-corrected chi connectivity index (χ3v) is 7.24. The third-order valence-electron chi connectivity index (χ3n) is 7.24. The van der Waals surface area contributed by atoms with E-state index < -0.39 is 0 Å². The first-order valence-corrected chi connectivity index (χ1v) is 12.0. The summed E-state index contributed by atoms with van der Waals surface area (Å²) in [6, 6.07) is 3.42. The summed E-state index contributed by atoms with van der Waals surface area (Å²) in [6.45, 7) is 3.45. The number of rotatable bonds is 4. The molecule has 2 amide bonds. The lowest BCUT2D eigenvalue weighted by molar-refractivity contribution is -0.119. The zero-order valence-electron chi connectivity index (χ0n) is 18.8. The van der Waals surface area contributed by atoms with Gasteiger partial charge in [-0.15, -0.1) is 0 Å². The van der Waals surface area contributed by atoms with Gasteiger partial charge in [0.15, 0.2) is 5.82 Å². The fraction of sp³-hybridized carbons (Fsp3) is 0.560. The summed E-state index contributed by atoms with van der Waals surface area (Å²) in [4.78, 5) is 43.8. The van der Waals surface area contributed by atoms with Crippen molar-refractivity contribution in [3.8, 4) is 0 Å². The molecule has 2 aromatic rings. The molecule has 2 aromatic heterocycles. The van der Waals surface area contributed by atoms with Crippen molar-refractivity contribution in [3.05, 3.63) is 47.2 Å². The van der Waals surface area contributed by atoms with E-state index >= 15 is 0 Å². The standard InChI is InChI=1S/C25H31N5O2/c1-17-20-11-12-22(31)30(16-18-7-3-2-4-8-18)24(20)28-23(27-17)21-10-6-14-29(21)25(32)19-9-5-13-26-15-19/h5,9,13,15,18,21H,2-4,6-8,10-12,14,16H2,1H3/t21-/m1/s1. The maximum absolute atomic E-state index is 13.1. The summed E-state index contributed by atoms with van der Waals surface area (Å²) < 4.78 is 0. The number of carbonyl (C=O) groups is 2. The molecule has 4 heterocycles. The number of likely N-dealkylation sites (tertiary alicyclic amines) is 1. The maximum Gasteiger partial charge on any atom is 0.256 e. The lowest BCUT2D eigenvalue weighted by atomic mass is 9.88. The monoisotopic (exact) mass is 433 g/mol. The van der Waals surface area contributed by atoms with Crippen LogP contribution in [-0.4, -0.2) is 44.8 Å². The molecule has 0 spiro atoms. The Bertz CT molecular complexity index is 1000. The van der Waals surface area contributed by atoms with Gasteiger partial charge in [-0.25, -0.2) is 9.97 Å². The van der Waals surface area contributed by atoms with E-state index in [1.165, 1.54) is 32.1 Å². The van der Waals surface area contributed by atoms with Crippen molar-refractivity contribution in [2.75, 3.05) is 18.0 Å². The predicted octanol–water partition coefficient (Wildman–Crippen LogP) is 4.02. The van der Waals surface area contributed by atoms with E-state index in [1.807, 2.05) is 16.7 Å². The van der Waals surface area contributed by atoms with Gasteiger partial charge < -0.3 is 4.90 Å². The summed E-state index contributed by atoms with van der Waals surface area (Å²) in [5.74, 6) is 2.14. The van der Waals surface area contributed by atoms with Gasteiger partial charge in [0.25, 0.3) is 5.91 Å². The zero-order valence-corrected chi connectivity index (χ0v) is 18.8. The first-order valence-electron chi connectivity index (χ1n) is 12.0. The first-order chi connectivity index (χ1) is 15.6. The van der Waals surface area contributed by atoms with Gasteiger partial charge in [-0.2, -0.15) is 0 Å². The van der Waals surface area contributed by atoms with Gasteiger partial charge in [-0.1, -0.05) is 19.3 Å². The van der Waals surface area contributed by atoms with Crippen LogP contribution in [0, 0.1) is 12.8 Å². The summed E-state index contributed by atoms with van der Waals surface area (Å²) in [7, 11) is 0. The number of aromatic nitrogens is 3. The zero-order chi connectivity index (χ0) is 22.1. The van der Waals surface area contributed by atoms with Gasteiger partial charge in [-0.3, -0.25) is 19.5 Å². The lowest BCUT2D eigenvalue weighted by Crippen LogP contribution is -2.41. The molecule has 0 N–H and O–H groups in total. The van der Waals surface area contributed by atoms with Crippen LogP contribution in [0.2, 0.25) is 0 Å². The van der Waals surface area contributed by atoms with Crippen molar-refractivity contribution in [2.45, 2.75) is 70.8 Å². The molecule has 1 saturated carbocycles. The van der Waals surface area contributed by atoms with Crippen LogP contribution >= 0.6 is 0 Å². The van der Waals surface area contributed by atoms with E-state index in [9.17, 15) is 9.59 Å². The minimum atomic E-state index is -0.166. The highest BCUT2D eigenvalue weighted by Crippen LogP contribution is 2.36. The van der Waals surface area contributed by atoms with Crippen LogP contribution < -0.4 is 4.90 Å². The molecule has 0 bridgehead atoms. The Morgan fingerprint density at radius 1 is 1.09 bits per heavy atom. The molecule has 0 aromatic carbocycles. The number of hydrogen-bond donors (Lipinski definition) is 0. The molecule has 2 fully saturated rings. The molecule has 7 nitrogen and oxygen atoms in total. The fourth-order valence-electron chi connectivity index (χ4n) is 5.50. The highest BCUT2D eigenvalue weighted by atomic mass is 16.2. The second-order valence-electron chi connectivity index (χ2n) is 9.38. The third kappa shape index (κ3) is 4.00. The van der Waals surface area contributed by atoms with Crippen LogP contribution in [0.15, 0.2) is 24.5 Å². The van der Waals surface area contributed by atoms with E-state index in [0.29, 0.717) is 36.7 Å². The number of hydrogen-bond acceptors (Lipinski definition) is 5. The Morgan fingerprint density at radius 3 is 2.72 bits per heavy atom. The number of anilines is 1. The van der Waals surface area contributed by atoms with Crippen molar-refractivity contribution in [1.29, 1.82) is 0 Å². The van der Waals surface area contributed by atoms with Gasteiger partial charge in [-0.05, 0) is 57.1 Å². The summed E-state index contributed by atoms with van der Waals surface area (Å²) in [6.07, 6.45) is 12.4. The number of aryl methyl sites for hydroxylation is 1. The average Bonchev–Trinajstić information content (AvgIpc) is 3.31. The van der Waals surface area contributed by atoms with Gasteiger partial charge >= 0.3 is 0 Å². The first kappa shape index (κ1) is 21.0. The Hall–Kier alpha value is -2.83. The van der Waals surface area contributed by atoms with E-state index in [4.69, 9.17) is 9.97 Å². The highest BCUT2D eigenvalue weighted by molar-refractivity contribution is 5.96. The number of nitrogens with zero attached hydrogens (tertiary/aromatic N) is 5. The van der Waals surface area contributed by atoms with Crippen LogP contribution in [-0.2, 0) is 11.2 Å². The molecular formula is C25H31N5O2. The number of amides is 2. The molecule has 7 heteroatoms. The van der Waals surface area contributed by atoms with Crippen LogP contribution in [0.1, 0.15) is 84.8 Å². The molecule has 32 heavy (non-hydrogen) atoms. The Labute approximate surface area is 189 Å². The largest absolute Gasteiger partial charge is 0.328 e. The van der Waals surface area contributed by atoms with Crippen molar-refractivity contribution in [1.82, 2.24) is 19.9 Å². The second-order valence-corrected chi connectivity index (χ2v) is 9.38. The molecule has 1 atom stereocenters. The molecule has 3 aliphatic rings. The van der Waals surface area contributed by atoms with E-state index in [2.05, 4.69) is 4.98 Å². The SMILES string of the molecule is Cc1nc([C@H]2CCCN2C(=O)c2cccnc2)nc2c1CCC(=O)N2CC1CCCCC1. The summed E-state index contributed by atoms with van der Waals surface area (Å²) in [5.41, 5.74) is 2.61. The lowest BCUT2D eigenvalue weighted by Gasteiger charge is -2.34. The van der Waals surface area contributed by atoms with Gasteiger partial charge in [0.2, 0.25) is 5.91 Å². The number of pyridine rings is 1. The molecule has 1 saturated heterocycles. The van der Waals surface area contributed by atoms with Crippen LogP contribution in [0.4, 0.5) is 5.82 Å². The van der Waals surface area contributed by atoms with Gasteiger partial charge in [0.1, 0.15) is 5.82 Å². The van der Waals surface area contributed by atoms with Crippen molar-refractivity contribution >= 4 is 17.6 Å². The molecule has 5 rings (SSSR count).